The van der Waals surface area contributed by atoms with E-state index in [-0.39, 0.29) is 11.9 Å². The number of hydrogen-bond acceptors (Lipinski definition) is 3. The summed E-state index contributed by atoms with van der Waals surface area (Å²) >= 11 is 3.36. The number of pyridine rings is 1. The molecule has 0 fully saturated rings. The highest BCUT2D eigenvalue weighted by atomic mass is 79.9. The molecule has 1 aromatic heterocycles. The number of carbonyl (C=O) groups excluding carboxylic acids is 1. The molecule has 0 radical (unpaired) electrons. The number of nitrogens with zero attached hydrogens (tertiary/aromatic N) is 1. The molecule has 0 aliphatic rings. The zero-order valence-electron chi connectivity index (χ0n) is 8.75. The Morgan fingerprint density at radius 2 is 2.33 bits per heavy atom. The van der Waals surface area contributed by atoms with Gasteiger partial charge in [0.05, 0.1) is 5.69 Å². The second kappa shape index (κ2) is 5.11. The molecule has 0 saturated heterocycles. The van der Waals surface area contributed by atoms with E-state index in [1.165, 1.54) is 0 Å². The van der Waals surface area contributed by atoms with E-state index in [9.17, 15) is 4.79 Å². The third-order valence-electron chi connectivity index (χ3n) is 2.10. The van der Waals surface area contributed by atoms with E-state index in [0.29, 0.717) is 12.2 Å². The van der Waals surface area contributed by atoms with Gasteiger partial charge in [0.2, 0.25) is 5.91 Å². The van der Waals surface area contributed by atoms with E-state index in [0.717, 1.165) is 10.2 Å². The third-order valence-corrected chi connectivity index (χ3v) is 2.93. The minimum atomic E-state index is -0.363. The van der Waals surface area contributed by atoms with Crippen molar-refractivity contribution in [1.29, 1.82) is 0 Å². The molecule has 0 aliphatic heterocycles. The summed E-state index contributed by atoms with van der Waals surface area (Å²) in [5.41, 5.74) is 6.10. The number of anilines is 1. The molecular formula is C10H14BrN3O. The van der Waals surface area contributed by atoms with Crippen LogP contribution in [-0.4, -0.2) is 16.9 Å². The number of amides is 1. The SMILES string of the molecule is CCC(Nc1ccc(Br)c(C)n1)C(N)=O. The maximum Gasteiger partial charge on any atom is 0.239 e. The van der Waals surface area contributed by atoms with Crippen molar-refractivity contribution in [3.63, 3.8) is 0 Å². The van der Waals surface area contributed by atoms with Crippen molar-refractivity contribution in [3.8, 4) is 0 Å². The van der Waals surface area contributed by atoms with Gasteiger partial charge in [-0.1, -0.05) is 6.92 Å². The van der Waals surface area contributed by atoms with Gasteiger partial charge in [-0.05, 0) is 41.4 Å². The lowest BCUT2D eigenvalue weighted by atomic mass is 10.2. The highest BCUT2D eigenvalue weighted by Crippen LogP contribution is 2.16. The highest BCUT2D eigenvalue weighted by Gasteiger charge is 2.12. The monoisotopic (exact) mass is 271 g/mol. The fourth-order valence-electron chi connectivity index (χ4n) is 1.18. The summed E-state index contributed by atoms with van der Waals surface area (Å²) in [5.74, 6) is 0.307. The average molecular weight is 272 g/mol. The maximum absolute atomic E-state index is 11.0. The number of halogens is 1. The van der Waals surface area contributed by atoms with Crippen LogP contribution in [0, 0.1) is 6.92 Å². The van der Waals surface area contributed by atoms with Gasteiger partial charge in [-0.25, -0.2) is 4.98 Å². The van der Waals surface area contributed by atoms with E-state index in [1.54, 1.807) is 0 Å². The van der Waals surface area contributed by atoms with Gasteiger partial charge in [0.15, 0.2) is 0 Å². The van der Waals surface area contributed by atoms with Crippen molar-refractivity contribution < 1.29 is 4.79 Å². The topological polar surface area (TPSA) is 68.0 Å². The van der Waals surface area contributed by atoms with Crippen LogP contribution in [0.5, 0.6) is 0 Å². The van der Waals surface area contributed by atoms with E-state index >= 15 is 0 Å². The third kappa shape index (κ3) is 3.20. The molecule has 82 valence electrons. The number of nitrogens with one attached hydrogen (secondary N) is 1. The fraction of sp³-hybridized carbons (Fsp3) is 0.400. The fourth-order valence-corrected chi connectivity index (χ4v) is 1.40. The second-order valence-electron chi connectivity index (χ2n) is 3.27. The summed E-state index contributed by atoms with van der Waals surface area (Å²) in [5, 5.41) is 2.99. The summed E-state index contributed by atoms with van der Waals surface area (Å²) < 4.78 is 0.945. The molecule has 1 rings (SSSR count). The Labute approximate surface area is 97.4 Å². The van der Waals surface area contributed by atoms with Crippen LogP contribution in [0.25, 0.3) is 0 Å². The molecule has 1 amide bonds. The second-order valence-corrected chi connectivity index (χ2v) is 4.13. The molecule has 0 spiro atoms. The lowest BCUT2D eigenvalue weighted by Crippen LogP contribution is -2.35. The largest absolute Gasteiger partial charge is 0.368 e. The lowest BCUT2D eigenvalue weighted by Gasteiger charge is -2.14. The summed E-state index contributed by atoms with van der Waals surface area (Å²) in [4.78, 5) is 15.3. The number of carbonyl (C=O) groups is 1. The minimum absolute atomic E-state index is 0.361. The van der Waals surface area contributed by atoms with Gasteiger partial charge >= 0.3 is 0 Å². The van der Waals surface area contributed by atoms with E-state index in [1.807, 2.05) is 26.0 Å². The number of aryl methyl sites for hydroxylation is 1. The van der Waals surface area contributed by atoms with Crippen molar-refractivity contribution >= 4 is 27.7 Å². The number of hydrogen-bond donors (Lipinski definition) is 2. The molecule has 1 unspecified atom stereocenters. The summed E-state index contributed by atoms with van der Waals surface area (Å²) in [6.45, 7) is 3.79. The lowest BCUT2D eigenvalue weighted by molar-refractivity contribution is -0.118. The molecular weight excluding hydrogens is 258 g/mol. The van der Waals surface area contributed by atoms with Gasteiger partial charge in [0.25, 0.3) is 0 Å². The predicted octanol–water partition coefficient (Wildman–Crippen LogP) is 1.83. The molecule has 1 atom stereocenters. The molecule has 15 heavy (non-hydrogen) atoms. The van der Waals surface area contributed by atoms with Crippen molar-refractivity contribution in [2.75, 3.05) is 5.32 Å². The van der Waals surface area contributed by atoms with Gasteiger partial charge in [0.1, 0.15) is 11.9 Å². The summed E-state index contributed by atoms with van der Waals surface area (Å²) in [6, 6.07) is 3.33. The van der Waals surface area contributed by atoms with Gasteiger partial charge in [-0.15, -0.1) is 0 Å². The Kier molecular flexibility index (Phi) is 4.08. The highest BCUT2D eigenvalue weighted by molar-refractivity contribution is 9.10. The molecule has 0 aromatic carbocycles. The van der Waals surface area contributed by atoms with Gasteiger partial charge in [-0.2, -0.15) is 0 Å². The predicted molar refractivity (Wildman–Crippen MR) is 63.6 cm³/mol. The molecule has 3 N–H and O–H groups in total. The maximum atomic E-state index is 11.0. The van der Waals surface area contributed by atoms with Crippen LogP contribution in [0.15, 0.2) is 16.6 Å². The van der Waals surface area contributed by atoms with Gasteiger partial charge < -0.3 is 11.1 Å². The Morgan fingerprint density at radius 1 is 1.67 bits per heavy atom. The van der Waals surface area contributed by atoms with Crippen molar-refractivity contribution in [2.45, 2.75) is 26.3 Å². The van der Waals surface area contributed by atoms with E-state index in [4.69, 9.17) is 5.73 Å². The normalized spacial score (nSPS) is 12.2. The van der Waals surface area contributed by atoms with Crippen LogP contribution in [-0.2, 0) is 4.79 Å². The summed E-state index contributed by atoms with van der Waals surface area (Å²) in [6.07, 6.45) is 0.645. The first kappa shape index (κ1) is 12.0. The number of aromatic nitrogens is 1. The Morgan fingerprint density at radius 3 is 2.80 bits per heavy atom. The zero-order valence-corrected chi connectivity index (χ0v) is 10.3. The minimum Gasteiger partial charge on any atom is -0.368 e. The van der Waals surface area contributed by atoms with Crippen molar-refractivity contribution in [1.82, 2.24) is 4.98 Å². The Balaban J connectivity index is 2.80. The Bertz CT molecular complexity index is 368. The van der Waals surface area contributed by atoms with E-state index in [2.05, 4.69) is 26.2 Å². The molecule has 1 aromatic rings. The average Bonchev–Trinajstić information content (AvgIpc) is 2.19. The molecule has 5 heteroatoms. The first-order chi connectivity index (χ1) is 7.04. The number of nitrogens with two attached hydrogens (primary N) is 1. The quantitative estimate of drug-likeness (QED) is 0.878. The van der Waals surface area contributed by atoms with E-state index < -0.39 is 0 Å². The van der Waals surface area contributed by atoms with Crippen LogP contribution < -0.4 is 11.1 Å². The first-order valence-electron chi connectivity index (χ1n) is 4.73. The van der Waals surface area contributed by atoms with Gasteiger partial charge in [-0.3, -0.25) is 4.79 Å². The van der Waals surface area contributed by atoms with Crippen LogP contribution in [0.4, 0.5) is 5.82 Å². The van der Waals surface area contributed by atoms with Crippen LogP contribution in [0.3, 0.4) is 0 Å². The molecule has 4 nitrogen and oxygen atoms in total. The van der Waals surface area contributed by atoms with Crippen molar-refractivity contribution in [3.05, 3.63) is 22.3 Å². The number of primary amides is 1. The van der Waals surface area contributed by atoms with Crippen molar-refractivity contribution in [2.24, 2.45) is 5.73 Å². The Hall–Kier alpha value is -1.10. The van der Waals surface area contributed by atoms with Crippen LogP contribution in [0.1, 0.15) is 19.0 Å². The van der Waals surface area contributed by atoms with Gasteiger partial charge in [0, 0.05) is 4.47 Å². The molecule has 0 saturated carbocycles. The molecule has 1 heterocycles. The van der Waals surface area contributed by atoms with Crippen LogP contribution in [0.2, 0.25) is 0 Å². The molecule has 0 aliphatic carbocycles. The zero-order chi connectivity index (χ0) is 11.4. The first-order valence-corrected chi connectivity index (χ1v) is 5.53. The standard InChI is InChI=1S/C10H14BrN3O/c1-3-8(10(12)15)14-9-5-4-7(11)6(2)13-9/h4-5,8H,3H2,1-2H3,(H2,12,15)(H,13,14). The van der Waals surface area contributed by atoms with Crippen LogP contribution >= 0.6 is 15.9 Å². The molecule has 0 bridgehead atoms. The number of rotatable bonds is 4. The smallest absolute Gasteiger partial charge is 0.239 e. The summed E-state index contributed by atoms with van der Waals surface area (Å²) in [7, 11) is 0.